The number of ether oxygens (including phenoxy) is 1. The lowest BCUT2D eigenvalue weighted by atomic mass is 9.96. The molecule has 5 heterocycles. The molecule has 48 heavy (non-hydrogen) atoms. The van der Waals surface area contributed by atoms with Crippen molar-refractivity contribution in [2.45, 2.75) is 50.0 Å². The van der Waals surface area contributed by atoms with E-state index in [2.05, 4.69) is 5.32 Å². The minimum Gasteiger partial charge on any atom is -0.378 e. The predicted molar refractivity (Wildman–Crippen MR) is 167 cm³/mol. The molecule has 3 N–H and O–H groups in total. The lowest BCUT2D eigenvalue weighted by Crippen LogP contribution is -2.64. The first-order chi connectivity index (χ1) is 22.7. The van der Waals surface area contributed by atoms with Gasteiger partial charge in [-0.15, -0.1) is 11.3 Å². The molecule has 2 aromatic rings. The van der Waals surface area contributed by atoms with Crippen LogP contribution in [0.1, 0.15) is 41.4 Å². The molecular weight excluding hydrogens is 675 g/mol. The van der Waals surface area contributed by atoms with Crippen LogP contribution in [0.2, 0.25) is 0 Å². The average molecular weight is 712 g/mol. The summed E-state index contributed by atoms with van der Waals surface area (Å²) < 4.78 is 45.7. The zero-order chi connectivity index (χ0) is 34.5. The van der Waals surface area contributed by atoms with Gasteiger partial charge in [0.25, 0.3) is 5.91 Å². The maximum absolute atomic E-state index is 14.3. The molecule has 1 aromatic carbocycles. The SMILES string of the molecule is CC(=O)N1CC[C@H]2CC[C@@H](C(=O)N3CC(C(=O)N4CCOCC4)C3)N2C(=O)C(NC(=O)c2cc3cc(C(F)(F)P(=O)(O)O)ccc3s2)C1. The number of morpholine rings is 1. The molecule has 4 saturated heterocycles. The van der Waals surface area contributed by atoms with Crippen molar-refractivity contribution in [2.75, 3.05) is 52.5 Å². The molecule has 0 radical (unpaired) electrons. The van der Waals surface area contributed by atoms with Gasteiger partial charge in [0.05, 0.1) is 24.0 Å². The standard InChI is InChI=1S/C30H36F2N5O9PS/c1-17(38)35-7-6-21-3-4-23(29(42)36-14-19(15-36)27(40)34-8-10-46-11-9-34)37(21)28(41)22(16-35)33-26(39)25-13-18-12-20(2-5-24(18)48-25)30(31,32)47(43,44)45/h2,5,12-13,19,21-23H,3-4,6-11,14-16H2,1H3,(H,33,39)(H2,43,44,45)/t21-,22?,23+/m1/s1. The summed E-state index contributed by atoms with van der Waals surface area (Å²) in [5.41, 5.74) is -5.34. The highest BCUT2D eigenvalue weighted by atomic mass is 32.1. The fourth-order valence-electron chi connectivity index (χ4n) is 6.82. The molecule has 3 atom stereocenters. The number of benzene rings is 1. The third-order valence-corrected chi connectivity index (χ3v) is 11.6. The van der Waals surface area contributed by atoms with Crippen LogP contribution in [0.15, 0.2) is 24.3 Å². The number of alkyl halides is 2. The molecule has 0 bridgehead atoms. The number of hydrogen-bond donors (Lipinski definition) is 3. The number of likely N-dealkylation sites (tertiary alicyclic amines) is 1. The van der Waals surface area contributed by atoms with Gasteiger partial charge in [-0.2, -0.15) is 8.78 Å². The van der Waals surface area contributed by atoms with E-state index < -0.39 is 42.7 Å². The van der Waals surface area contributed by atoms with Crippen LogP contribution in [-0.4, -0.2) is 130 Å². The van der Waals surface area contributed by atoms with E-state index in [4.69, 9.17) is 14.5 Å². The van der Waals surface area contributed by atoms with Crippen molar-refractivity contribution in [1.82, 2.24) is 24.9 Å². The molecule has 1 unspecified atom stereocenters. The summed E-state index contributed by atoms with van der Waals surface area (Å²) in [6, 6.07) is 1.95. The Bertz CT molecular complexity index is 1690. The van der Waals surface area contributed by atoms with E-state index in [9.17, 15) is 37.3 Å². The van der Waals surface area contributed by atoms with Gasteiger partial charge >= 0.3 is 13.3 Å². The predicted octanol–water partition coefficient (Wildman–Crippen LogP) is 1.16. The molecule has 14 nitrogen and oxygen atoms in total. The zero-order valence-electron chi connectivity index (χ0n) is 26.0. The third kappa shape index (κ3) is 6.45. The van der Waals surface area contributed by atoms with Crippen molar-refractivity contribution in [3.05, 3.63) is 34.7 Å². The van der Waals surface area contributed by atoms with Crippen LogP contribution in [0.3, 0.4) is 0 Å². The summed E-state index contributed by atoms with van der Waals surface area (Å²) in [6.07, 6.45) is 1.37. The van der Waals surface area contributed by atoms with Crippen molar-refractivity contribution < 1.29 is 51.8 Å². The number of rotatable bonds is 6. The van der Waals surface area contributed by atoms with E-state index in [0.29, 0.717) is 56.8 Å². The number of amides is 5. The summed E-state index contributed by atoms with van der Waals surface area (Å²) in [5.74, 6) is -2.14. The summed E-state index contributed by atoms with van der Waals surface area (Å²) in [7, 11) is -5.81. The Balaban J connectivity index is 1.18. The molecule has 260 valence electrons. The lowest BCUT2D eigenvalue weighted by molar-refractivity contribution is -0.157. The molecule has 4 fully saturated rings. The Morgan fingerprint density at radius 2 is 1.67 bits per heavy atom. The van der Waals surface area contributed by atoms with Crippen LogP contribution in [0.5, 0.6) is 0 Å². The monoisotopic (exact) mass is 711 g/mol. The number of hydrogen-bond acceptors (Lipinski definition) is 8. The van der Waals surface area contributed by atoms with E-state index in [1.165, 1.54) is 28.9 Å². The molecule has 1 aromatic heterocycles. The number of carbonyl (C=O) groups is 5. The quantitative estimate of drug-likeness (QED) is 0.371. The number of nitrogens with zero attached hydrogens (tertiary/aromatic N) is 4. The largest absolute Gasteiger partial charge is 0.399 e. The van der Waals surface area contributed by atoms with Crippen molar-refractivity contribution in [3.63, 3.8) is 0 Å². The summed E-state index contributed by atoms with van der Waals surface area (Å²) >= 11 is 0.935. The van der Waals surface area contributed by atoms with Gasteiger partial charge in [0.2, 0.25) is 23.6 Å². The Kier molecular flexibility index (Phi) is 9.37. The Morgan fingerprint density at radius 1 is 0.958 bits per heavy atom. The molecule has 4 aliphatic rings. The maximum Gasteiger partial charge on any atom is 0.399 e. The molecule has 5 amide bonds. The smallest absolute Gasteiger partial charge is 0.378 e. The topological polar surface area (TPSA) is 177 Å². The molecule has 0 spiro atoms. The van der Waals surface area contributed by atoms with Crippen molar-refractivity contribution >= 4 is 58.6 Å². The zero-order valence-corrected chi connectivity index (χ0v) is 27.8. The summed E-state index contributed by atoms with van der Waals surface area (Å²) in [4.78, 5) is 91.2. The number of fused-ring (bicyclic) bond motifs is 2. The summed E-state index contributed by atoms with van der Waals surface area (Å²) in [5, 5.41) is 2.83. The van der Waals surface area contributed by atoms with Gasteiger partial charge in [-0.1, -0.05) is 6.07 Å². The second-order valence-electron chi connectivity index (χ2n) is 12.6. The first kappa shape index (κ1) is 34.4. The molecule has 0 aliphatic carbocycles. The maximum atomic E-state index is 14.3. The molecule has 0 saturated carbocycles. The minimum atomic E-state index is -5.81. The van der Waals surface area contributed by atoms with E-state index >= 15 is 0 Å². The van der Waals surface area contributed by atoms with E-state index in [0.717, 1.165) is 23.5 Å². The van der Waals surface area contributed by atoms with Gasteiger partial charge in [0.1, 0.15) is 12.1 Å². The Morgan fingerprint density at radius 3 is 2.33 bits per heavy atom. The normalized spacial score (nSPS) is 24.2. The van der Waals surface area contributed by atoms with Gasteiger partial charge < -0.3 is 39.4 Å². The van der Waals surface area contributed by atoms with Gasteiger partial charge in [-0.3, -0.25) is 28.5 Å². The first-order valence-corrected chi connectivity index (χ1v) is 18.1. The number of halogens is 2. The minimum absolute atomic E-state index is 0.0194. The third-order valence-electron chi connectivity index (χ3n) is 9.54. The first-order valence-electron chi connectivity index (χ1n) is 15.7. The van der Waals surface area contributed by atoms with Gasteiger partial charge in [0, 0.05) is 62.5 Å². The molecule has 6 rings (SSSR count). The molecule has 18 heteroatoms. The van der Waals surface area contributed by atoms with Crippen LogP contribution in [0, 0.1) is 5.92 Å². The fraction of sp³-hybridized carbons (Fsp3) is 0.567. The highest BCUT2D eigenvalue weighted by Crippen LogP contribution is 2.59. The lowest BCUT2D eigenvalue weighted by Gasteiger charge is -2.44. The van der Waals surface area contributed by atoms with Crippen molar-refractivity contribution in [1.29, 1.82) is 0 Å². The highest BCUT2D eigenvalue weighted by molar-refractivity contribution is 7.52. The number of nitrogens with one attached hydrogen (secondary N) is 1. The number of thiophene rings is 1. The molecular formula is C30H36F2N5O9PS. The van der Waals surface area contributed by atoms with E-state index in [1.807, 2.05) is 0 Å². The van der Waals surface area contributed by atoms with Gasteiger partial charge in [0.15, 0.2) is 0 Å². The molecule has 4 aliphatic heterocycles. The van der Waals surface area contributed by atoms with Crippen molar-refractivity contribution in [3.8, 4) is 0 Å². The second kappa shape index (κ2) is 13.1. The van der Waals surface area contributed by atoms with Crippen molar-refractivity contribution in [2.24, 2.45) is 5.92 Å². The number of carbonyl (C=O) groups excluding carboxylic acids is 5. The van der Waals surface area contributed by atoms with Gasteiger partial charge in [-0.25, -0.2) is 0 Å². The van der Waals surface area contributed by atoms with Crippen LogP contribution in [-0.2, 0) is 34.1 Å². The second-order valence-corrected chi connectivity index (χ2v) is 15.3. The highest BCUT2D eigenvalue weighted by Gasteiger charge is 2.51. The van der Waals surface area contributed by atoms with Crippen LogP contribution < -0.4 is 5.32 Å². The van der Waals surface area contributed by atoms with E-state index in [1.54, 1.807) is 9.80 Å². The summed E-state index contributed by atoms with van der Waals surface area (Å²) in [6.45, 7) is 3.99. The fourth-order valence-corrected chi connectivity index (χ4v) is 8.24. The van der Waals surface area contributed by atoms with Crippen LogP contribution in [0.25, 0.3) is 10.1 Å². The van der Waals surface area contributed by atoms with Crippen LogP contribution in [0.4, 0.5) is 8.78 Å². The van der Waals surface area contributed by atoms with Crippen LogP contribution >= 0.6 is 18.9 Å². The average Bonchev–Trinajstić information content (AvgIpc) is 3.64. The van der Waals surface area contributed by atoms with E-state index in [-0.39, 0.29) is 59.6 Å². The Hall–Kier alpha value is -3.50. The van der Waals surface area contributed by atoms with Gasteiger partial charge in [-0.05, 0) is 42.8 Å². The Labute approximate surface area is 278 Å².